The highest BCUT2D eigenvalue weighted by Gasteiger charge is 2.48. The second kappa shape index (κ2) is 6.19. The Bertz CT molecular complexity index is 789. The number of ketones is 2. The van der Waals surface area contributed by atoms with Crippen molar-refractivity contribution in [3.8, 4) is 10.6 Å². The van der Waals surface area contributed by atoms with Crippen LogP contribution in [0.1, 0.15) is 42.7 Å². The summed E-state index contributed by atoms with van der Waals surface area (Å²) in [6, 6.07) is 8.00. The van der Waals surface area contributed by atoms with Crippen molar-refractivity contribution in [1.82, 2.24) is 4.98 Å². The van der Waals surface area contributed by atoms with Crippen molar-refractivity contribution in [3.63, 3.8) is 0 Å². The summed E-state index contributed by atoms with van der Waals surface area (Å²) >= 11 is 5.05. The molecule has 2 bridgehead atoms. The Hall–Kier alpha value is -1.33. The molecular weight excluding hydrogens is 386 g/mol. The Morgan fingerprint density at radius 2 is 1.75 bits per heavy atom. The SMILES string of the molecule is CCc1sc(-c2ccc(Br)cc2)nc1C1C(=O)[C@@H]2CC[C@@H](C2)C1=O. The maximum absolute atomic E-state index is 12.8. The first-order valence-electron chi connectivity index (χ1n) is 8.41. The van der Waals surface area contributed by atoms with E-state index in [1.807, 2.05) is 24.3 Å². The number of rotatable bonds is 3. The normalized spacial score (nSPS) is 26.2. The summed E-state index contributed by atoms with van der Waals surface area (Å²) in [7, 11) is 0. The zero-order chi connectivity index (χ0) is 16.8. The van der Waals surface area contributed by atoms with Gasteiger partial charge in [-0.15, -0.1) is 11.3 Å². The third-order valence-corrected chi connectivity index (χ3v) is 7.01. The minimum Gasteiger partial charge on any atom is -0.298 e. The molecule has 0 spiro atoms. The predicted octanol–water partition coefficient (Wildman–Crippen LogP) is 4.79. The van der Waals surface area contributed by atoms with Gasteiger partial charge >= 0.3 is 0 Å². The monoisotopic (exact) mass is 403 g/mol. The van der Waals surface area contributed by atoms with E-state index in [9.17, 15) is 9.59 Å². The highest BCUT2D eigenvalue weighted by atomic mass is 79.9. The standard InChI is InChI=1S/C19H18BrNO2S/c1-2-14-16(15-17(22)11-3-4-12(9-11)18(15)23)21-19(24-14)10-5-7-13(20)8-6-10/h5-8,11-12,15H,2-4,9H2,1H3/t11-,12+,15?. The second-order valence-corrected chi connectivity index (χ2v) is 8.63. The summed E-state index contributed by atoms with van der Waals surface area (Å²) < 4.78 is 1.02. The van der Waals surface area contributed by atoms with Gasteiger partial charge in [0.15, 0.2) is 11.6 Å². The van der Waals surface area contributed by atoms with Gasteiger partial charge in [-0.05, 0) is 37.8 Å². The van der Waals surface area contributed by atoms with Crippen molar-refractivity contribution in [2.75, 3.05) is 0 Å². The van der Waals surface area contributed by atoms with Crippen LogP contribution < -0.4 is 0 Å². The average Bonchev–Trinajstić information content (AvgIpc) is 3.20. The van der Waals surface area contributed by atoms with Crippen LogP contribution in [0, 0.1) is 11.8 Å². The topological polar surface area (TPSA) is 47.0 Å². The van der Waals surface area contributed by atoms with E-state index in [2.05, 4.69) is 22.9 Å². The Balaban J connectivity index is 1.76. The zero-order valence-electron chi connectivity index (χ0n) is 13.4. The smallest absolute Gasteiger partial charge is 0.152 e. The van der Waals surface area contributed by atoms with Crippen LogP contribution in [0.15, 0.2) is 28.7 Å². The lowest BCUT2D eigenvalue weighted by atomic mass is 9.77. The van der Waals surface area contributed by atoms with Crippen LogP contribution in [0.25, 0.3) is 10.6 Å². The van der Waals surface area contributed by atoms with Gasteiger partial charge in [0.1, 0.15) is 10.9 Å². The minimum absolute atomic E-state index is 0.0697. The van der Waals surface area contributed by atoms with E-state index in [0.29, 0.717) is 0 Å². The number of aryl methyl sites for hydroxylation is 1. The molecule has 1 aromatic heterocycles. The maximum Gasteiger partial charge on any atom is 0.152 e. The Kier molecular flexibility index (Phi) is 4.17. The quantitative estimate of drug-likeness (QED) is 0.692. The van der Waals surface area contributed by atoms with Gasteiger partial charge in [-0.2, -0.15) is 0 Å². The van der Waals surface area contributed by atoms with Gasteiger partial charge in [-0.1, -0.05) is 35.0 Å². The first-order chi connectivity index (χ1) is 11.6. The fraction of sp³-hybridized carbons (Fsp3) is 0.421. The molecule has 0 N–H and O–H groups in total. The summed E-state index contributed by atoms with van der Waals surface area (Å²) in [4.78, 5) is 31.4. The van der Waals surface area contributed by atoms with E-state index in [1.54, 1.807) is 11.3 Å². The number of halogens is 1. The number of thiazole rings is 1. The molecule has 0 radical (unpaired) electrons. The van der Waals surface area contributed by atoms with Crippen LogP contribution in [-0.4, -0.2) is 16.6 Å². The molecule has 0 saturated heterocycles. The van der Waals surface area contributed by atoms with Gasteiger partial charge in [0.2, 0.25) is 0 Å². The Labute approximate surface area is 153 Å². The molecule has 4 rings (SSSR count). The van der Waals surface area contributed by atoms with E-state index < -0.39 is 5.92 Å². The molecule has 1 heterocycles. The van der Waals surface area contributed by atoms with Gasteiger partial charge in [-0.3, -0.25) is 9.59 Å². The molecule has 2 aliphatic carbocycles. The summed E-state index contributed by atoms with van der Waals surface area (Å²) in [6.07, 6.45) is 3.31. The molecule has 3 atom stereocenters. The number of benzene rings is 1. The maximum atomic E-state index is 12.8. The van der Waals surface area contributed by atoms with E-state index >= 15 is 0 Å². The van der Waals surface area contributed by atoms with Gasteiger partial charge in [-0.25, -0.2) is 4.98 Å². The van der Waals surface area contributed by atoms with Crippen LogP contribution in [0.2, 0.25) is 0 Å². The first-order valence-corrected chi connectivity index (χ1v) is 10.0. The van der Waals surface area contributed by atoms with Gasteiger partial charge in [0, 0.05) is 26.7 Å². The first kappa shape index (κ1) is 16.2. The van der Waals surface area contributed by atoms with Gasteiger partial charge in [0.25, 0.3) is 0 Å². The van der Waals surface area contributed by atoms with E-state index in [4.69, 9.17) is 4.98 Å². The molecule has 2 aromatic rings. The molecular formula is C19H18BrNO2S. The average molecular weight is 404 g/mol. The highest BCUT2D eigenvalue weighted by Crippen LogP contribution is 2.45. The molecule has 1 unspecified atom stereocenters. The zero-order valence-corrected chi connectivity index (χ0v) is 15.8. The van der Waals surface area contributed by atoms with E-state index in [-0.39, 0.29) is 23.4 Å². The predicted molar refractivity (Wildman–Crippen MR) is 98.2 cm³/mol. The van der Waals surface area contributed by atoms with Crippen LogP contribution >= 0.6 is 27.3 Å². The number of Topliss-reactive ketones (excluding diaryl/α,β-unsaturated/α-hetero) is 2. The number of hydrogen-bond acceptors (Lipinski definition) is 4. The highest BCUT2D eigenvalue weighted by molar-refractivity contribution is 9.10. The molecule has 2 fully saturated rings. The van der Waals surface area contributed by atoms with Crippen molar-refractivity contribution in [3.05, 3.63) is 39.3 Å². The fourth-order valence-electron chi connectivity index (χ4n) is 3.94. The van der Waals surface area contributed by atoms with Crippen LogP contribution in [-0.2, 0) is 16.0 Å². The molecule has 24 heavy (non-hydrogen) atoms. The summed E-state index contributed by atoms with van der Waals surface area (Å²) in [5.41, 5.74) is 1.76. The number of carbonyl (C=O) groups excluding carboxylic acids is 2. The second-order valence-electron chi connectivity index (χ2n) is 6.63. The van der Waals surface area contributed by atoms with Crippen LogP contribution in [0.3, 0.4) is 0 Å². The number of aromatic nitrogens is 1. The third-order valence-electron chi connectivity index (χ3n) is 5.22. The molecule has 0 amide bonds. The molecule has 2 saturated carbocycles. The fourth-order valence-corrected chi connectivity index (χ4v) is 5.25. The lowest BCUT2D eigenvalue weighted by Gasteiger charge is -2.24. The van der Waals surface area contributed by atoms with Crippen molar-refractivity contribution in [2.45, 2.75) is 38.5 Å². The summed E-state index contributed by atoms with van der Waals surface area (Å²) in [5, 5.41) is 0.896. The molecule has 124 valence electrons. The molecule has 0 aliphatic heterocycles. The van der Waals surface area contributed by atoms with Crippen molar-refractivity contribution < 1.29 is 9.59 Å². The number of nitrogens with zero attached hydrogens (tertiary/aromatic N) is 1. The largest absolute Gasteiger partial charge is 0.298 e. The summed E-state index contributed by atoms with van der Waals surface area (Å²) in [5.74, 6) is -0.265. The van der Waals surface area contributed by atoms with Crippen LogP contribution in [0.5, 0.6) is 0 Å². The lowest BCUT2D eigenvalue weighted by molar-refractivity contribution is -0.136. The number of hydrogen-bond donors (Lipinski definition) is 0. The van der Waals surface area contributed by atoms with Crippen molar-refractivity contribution >= 4 is 38.8 Å². The number of fused-ring (bicyclic) bond motifs is 2. The lowest BCUT2D eigenvalue weighted by Crippen LogP contribution is -2.35. The molecule has 2 aliphatic rings. The van der Waals surface area contributed by atoms with E-state index in [1.165, 1.54) is 0 Å². The van der Waals surface area contributed by atoms with Crippen LogP contribution in [0.4, 0.5) is 0 Å². The third kappa shape index (κ3) is 2.58. The van der Waals surface area contributed by atoms with Crippen molar-refractivity contribution in [1.29, 1.82) is 0 Å². The number of carbonyl (C=O) groups is 2. The van der Waals surface area contributed by atoms with Gasteiger partial charge in [0.05, 0.1) is 5.69 Å². The van der Waals surface area contributed by atoms with Crippen molar-refractivity contribution in [2.24, 2.45) is 11.8 Å². The summed E-state index contributed by atoms with van der Waals surface area (Å²) in [6.45, 7) is 2.06. The Morgan fingerprint density at radius 3 is 2.33 bits per heavy atom. The molecule has 5 heteroatoms. The minimum atomic E-state index is -0.619. The molecule has 3 nitrogen and oxygen atoms in total. The van der Waals surface area contributed by atoms with E-state index in [0.717, 1.165) is 51.3 Å². The molecule has 1 aromatic carbocycles. The van der Waals surface area contributed by atoms with Gasteiger partial charge < -0.3 is 0 Å². The Morgan fingerprint density at radius 1 is 1.12 bits per heavy atom.